The number of hydrogen-bond donors (Lipinski definition) is 3. The number of nitrogens with zero attached hydrogens (tertiary/aromatic N) is 1. The van der Waals surface area contributed by atoms with Gasteiger partial charge in [0.2, 0.25) is 15.9 Å². The Balaban J connectivity index is 1.90. The average Bonchev–Trinajstić information content (AvgIpc) is 3.07. The highest BCUT2D eigenvalue weighted by atomic mass is 32.2. The van der Waals surface area contributed by atoms with Crippen LogP contribution in [-0.2, 0) is 26.0 Å². The lowest BCUT2D eigenvalue weighted by atomic mass is 9.83. The number of aromatic amines is 1. The van der Waals surface area contributed by atoms with Crippen LogP contribution in [0.25, 0.3) is 0 Å². The summed E-state index contributed by atoms with van der Waals surface area (Å²) in [5.74, 6) is -0.254. The van der Waals surface area contributed by atoms with Gasteiger partial charge in [0.05, 0.1) is 17.7 Å². The average molecular weight is 372 g/mol. The Morgan fingerprint density at radius 1 is 1.44 bits per heavy atom. The van der Waals surface area contributed by atoms with Crippen molar-refractivity contribution in [3.05, 3.63) is 18.2 Å². The van der Waals surface area contributed by atoms with Gasteiger partial charge in [0, 0.05) is 43.9 Å². The van der Waals surface area contributed by atoms with Gasteiger partial charge in [-0.05, 0) is 33.1 Å². The maximum absolute atomic E-state index is 12.4. The molecule has 0 aromatic carbocycles. The number of methoxy groups -OCH3 is 1. The molecule has 1 fully saturated rings. The number of imidazole rings is 1. The van der Waals surface area contributed by atoms with Gasteiger partial charge in [0.1, 0.15) is 0 Å². The van der Waals surface area contributed by atoms with E-state index in [2.05, 4.69) is 20.0 Å². The molecule has 1 aromatic heterocycles. The molecular formula is C16H28N4O4S. The second kappa shape index (κ2) is 8.77. The van der Waals surface area contributed by atoms with Crippen LogP contribution in [0.1, 0.15) is 38.8 Å². The second-order valence-electron chi connectivity index (χ2n) is 6.72. The molecule has 0 aliphatic heterocycles. The van der Waals surface area contributed by atoms with Crippen LogP contribution in [0.5, 0.6) is 0 Å². The van der Waals surface area contributed by atoms with Crippen molar-refractivity contribution in [1.82, 2.24) is 20.0 Å². The van der Waals surface area contributed by atoms with Crippen LogP contribution in [0.4, 0.5) is 0 Å². The largest absolute Gasteiger partial charge is 0.380 e. The molecule has 1 heterocycles. The van der Waals surface area contributed by atoms with E-state index in [0.29, 0.717) is 32.2 Å². The molecule has 9 heteroatoms. The first-order valence-electron chi connectivity index (χ1n) is 8.62. The van der Waals surface area contributed by atoms with Gasteiger partial charge in [-0.15, -0.1) is 0 Å². The molecule has 0 saturated heterocycles. The predicted octanol–water partition coefficient (Wildman–Crippen LogP) is 0.580. The van der Waals surface area contributed by atoms with Crippen molar-refractivity contribution >= 4 is 15.9 Å². The molecular weight excluding hydrogens is 344 g/mol. The smallest absolute Gasteiger partial charge is 0.223 e. The highest BCUT2D eigenvalue weighted by Gasteiger charge is 2.36. The highest BCUT2D eigenvalue weighted by Crippen LogP contribution is 2.27. The lowest BCUT2D eigenvalue weighted by Gasteiger charge is -2.35. The molecule has 0 bridgehead atoms. The van der Waals surface area contributed by atoms with Crippen molar-refractivity contribution in [2.24, 2.45) is 5.92 Å². The van der Waals surface area contributed by atoms with Gasteiger partial charge in [-0.25, -0.2) is 18.1 Å². The van der Waals surface area contributed by atoms with E-state index in [-0.39, 0.29) is 24.0 Å². The molecule has 3 atom stereocenters. The Morgan fingerprint density at radius 2 is 2.20 bits per heavy atom. The van der Waals surface area contributed by atoms with Crippen LogP contribution in [-0.4, -0.2) is 55.3 Å². The molecule has 1 aromatic rings. The third-order valence-corrected chi connectivity index (χ3v) is 6.52. The fraction of sp³-hybridized carbons (Fsp3) is 0.750. The van der Waals surface area contributed by atoms with Crippen LogP contribution >= 0.6 is 0 Å². The van der Waals surface area contributed by atoms with Gasteiger partial charge in [-0.2, -0.15) is 0 Å². The molecule has 0 unspecified atom stereocenters. The first kappa shape index (κ1) is 19.9. The van der Waals surface area contributed by atoms with E-state index in [1.54, 1.807) is 33.5 Å². The Bertz CT molecular complexity index is 645. The Morgan fingerprint density at radius 3 is 2.80 bits per heavy atom. The van der Waals surface area contributed by atoms with Crippen molar-refractivity contribution in [1.29, 1.82) is 0 Å². The van der Waals surface area contributed by atoms with Gasteiger partial charge in [0.15, 0.2) is 0 Å². The molecule has 1 aliphatic carbocycles. The molecule has 1 aliphatic rings. The molecule has 0 radical (unpaired) electrons. The summed E-state index contributed by atoms with van der Waals surface area (Å²) in [5, 5.41) is 2.41. The van der Waals surface area contributed by atoms with Gasteiger partial charge in [0.25, 0.3) is 0 Å². The van der Waals surface area contributed by atoms with E-state index in [9.17, 15) is 13.2 Å². The standard InChI is InChI=1S/C16H28N4O4S/c1-11(2)25(22,23)20-14-8-12(4-5-15(14)24-3)16(21)18-7-6-13-9-17-10-19-13/h9-12,14-15,20H,4-8H2,1-3H3,(H,17,19)(H,18,21)/t12-,14+,15+/m0/s1. The molecule has 1 saturated carbocycles. The zero-order valence-electron chi connectivity index (χ0n) is 15.0. The number of ether oxygens (including phenoxy) is 1. The summed E-state index contributed by atoms with van der Waals surface area (Å²) in [6, 6.07) is -0.380. The first-order chi connectivity index (χ1) is 11.8. The first-order valence-corrected chi connectivity index (χ1v) is 10.2. The number of amides is 1. The van der Waals surface area contributed by atoms with Crippen molar-refractivity contribution < 1.29 is 17.9 Å². The monoisotopic (exact) mass is 372 g/mol. The number of sulfonamides is 1. The van der Waals surface area contributed by atoms with Gasteiger partial charge in [-0.3, -0.25) is 4.79 Å². The van der Waals surface area contributed by atoms with Crippen molar-refractivity contribution in [3.8, 4) is 0 Å². The van der Waals surface area contributed by atoms with Gasteiger partial charge >= 0.3 is 0 Å². The number of carbonyl (C=O) groups excluding carboxylic acids is 1. The molecule has 142 valence electrons. The molecule has 1 amide bonds. The lowest BCUT2D eigenvalue weighted by molar-refractivity contribution is -0.127. The van der Waals surface area contributed by atoms with Crippen LogP contribution < -0.4 is 10.0 Å². The molecule has 25 heavy (non-hydrogen) atoms. The lowest BCUT2D eigenvalue weighted by Crippen LogP contribution is -2.51. The molecule has 8 nitrogen and oxygen atoms in total. The Kier molecular flexibility index (Phi) is 6.97. The van der Waals surface area contributed by atoms with E-state index in [4.69, 9.17) is 4.74 Å². The maximum atomic E-state index is 12.4. The summed E-state index contributed by atoms with van der Waals surface area (Å²) in [6.45, 7) is 3.78. The van der Waals surface area contributed by atoms with Crippen molar-refractivity contribution in [2.45, 2.75) is 56.9 Å². The third-order valence-electron chi connectivity index (χ3n) is 4.65. The van der Waals surface area contributed by atoms with E-state index < -0.39 is 15.3 Å². The number of nitrogens with one attached hydrogen (secondary N) is 3. The zero-order valence-corrected chi connectivity index (χ0v) is 15.8. The molecule has 3 N–H and O–H groups in total. The number of hydrogen-bond acceptors (Lipinski definition) is 5. The predicted molar refractivity (Wildman–Crippen MR) is 94.4 cm³/mol. The summed E-state index contributed by atoms with van der Waals surface area (Å²) in [5.41, 5.74) is 0.964. The quantitative estimate of drug-likeness (QED) is 0.618. The highest BCUT2D eigenvalue weighted by molar-refractivity contribution is 7.90. The van der Waals surface area contributed by atoms with Crippen LogP contribution in [0, 0.1) is 5.92 Å². The topological polar surface area (TPSA) is 113 Å². The number of aromatic nitrogens is 2. The summed E-state index contributed by atoms with van der Waals surface area (Å²) >= 11 is 0. The number of H-pyrrole nitrogens is 1. The van der Waals surface area contributed by atoms with E-state index >= 15 is 0 Å². The van der Waals surface area contributed by atoms with Gasteiger partial charge < -0.3 is 15.0 Å². The molecule has 2 rings (SSSR count). The van der Waals surface area contributed by atoms with E-state index in [0.717, 1.165) is 5.69 Å². The van der Waals surface area contributed by atoms with E-state index in [1.807, 2.05) is 0 Å². The fourth-order valence-electron chi connectivity index (χ4n) is 3.02. The fourth-order valence-corrected chi connectivity index (χ4v) is 3.96. The van der Waals surface area contributed by atoms with Crippen LogP contribution in [0.15, 0.2) is 12.5 Å². The summed E-state index contributed by atoms with van der Waals surface area (Å²) < 4.78 is 32.5. The summed E-state index contributed by atoms with van der Waals surface area (Å²) in [6.07, 6.45) is 5.60. The number of rotatable bonds is 8. The van der Waals surface area contributed by atoms with Crippen LogP contribution in [0.3, 0.4) is 0 Å². The van der Waals surface area contributed by atoms with Crippen LogP contribution in [0.2, 0.25) is 0 Å². The summed E-state index contributed by atoms with van der Waals surface area (Å²) in [4.78, 5) is 19.3. The minimum atomic E-state index is -3.41. The normalized spacial score (nSPS) is 24.4. The minimum absolute atomic E-state index is 0.0391. The van der Waals surface area contributed by atoms with Crippen molar-refractivity contribution in [3.63, 3.8) is 0 Å². The minimum Gasteiger partial charge on any atom is -0.380 e. The Hall–Kier alpha value is -1.45. The maximum Gasteiger partial charge on any atom is 0.223 e. The van der Waals surface area contributed by atoms with Gasteiger partial charge in [-0.1, -0.05) is 0 Å². The SMILES string of the molecule is CO[C@@H]1CC[C@H](C(=O)NCCc2cnc[nH]2)C[C@H]1NS(=O)(=O)C(C)C. The van der Waals surface area contributed by atoms with Crippen molar-refractivity contribution in [2.75, 3.05) is 13.7 Å². The van der Waals surface area contributed by atoms with E-state index in [1.165, 1.54) is 0 Å². The zero-order chi connectivity index (χ0) is 18.4. The Labute approximate surface area is 149 Å². The molecule has 0 spiro atoms. The third kappa shape index (κ3) is 5.52. The summed E-state index contributed by atoms with van der Waals surface area (Å²) in [7, 11) is -1.83. The number of carbonyl (C=O) groups is 1. The second-order valence-corrected chi connectivity index (χ2v) is 8.99.